The first-order chi connectivity index (χ1) is 19.7. The molecule has 0 radical (unpaired) electrons. The summed E-state index contributed by atoms with van der Waals surface area (Å²) >= 11 is 0. The van der Waals surface area contributed by atoms with Crippen LogP contribution in [0.3, 0.4) is 0 Å². The molecule has 1 saturated heterocycles. The standard InChI is InChI=1S/C31H34N6O4/c1-31(2,3)41-30(39)37-14-12-36(13-15-37)19-21-16-22(18-23(17-21)34-35-32)33-29(38)40-20-28-26-10-6-4-8-24(26)25-9-5-7-11-27(25)28/h4-11,16-18,28H,12-15,19-20H2,1-3H3,(H,33,38). The minimum Gasteiger partial charge on any atom is -0.448 e. The second kappa shape index (κ2) is 11.9. The van der Waals surface area contributed by atoms with Crippen molar-refractivity contribution in [3.8, 4) is 11.1 Å². The largest absolute Gasteiger partial charge is 0.448 e. The number of ether oxygens (including phenoxy) is 2. The van der Waals surface area contributed by atoms with E-state index in [4.69, 9.17) is 15.0 Å². The zero-order valence-corrected chi connectivity index (χ0v) is 23.5. The Bertz CT molecular complexity index is 1440. The molecule has 2 aliphatic rings. The number of piperazine rings is 1. The normalized spacial score (nSPS) is 15.0. The summed E-state index contributed by atoms with van der Waals surface area (Å²) in [4.78, 5) is 32.1. The van der Waals surface area contributed by atoms with E-state index in [0.29, 0.717) is 44.1 Å². The molecule has 1 aliphatic carbocycles. The number of azide groups is 1. The molecule has 2 amide bonds. The van der Waals surface area contributed by atoms with Crippen molar-refractivity contribution in [3.63, 3.8) is 0 Å². The lowest BCUT2D eigenvalue weighted by atomic mass is 9.98. The molecule has 41 heavy (non-hydrogen) atoms. The van der Waals surface area contributed by atoms with E-state index in [0.717, 1.165) is 27.8 Å². The maximum atomic E-state index is 12.9. The van der Waals surface area contributed by atoms with E-state index < -0.39 is 11.7 Å². The summed E-state index contributed by atoms with van der Waals surface area (Å²) in [6.07, 6.45) is -0.890. The van der Waals surface area contributed by atoms with Crippen LogP contribution < -0.4 is 5.32 Å². The van der Waals surface area contributed by atoms with Gasteiger partial charge in [0.25, 0.3) is 0 Å². The Morgan fingerprint density at radius 3 is 2.22 bits per heavy atom. The first kappa shape index (κ1) is 28.0. The summed E-state index contributed by atoms with van der Waals surface area (Å²) in [5, 5.41) is 6.56. The van der Waals surface area contributed by atoms with E-state index in [1.54, 1.807) is 17.0 Å². The zero-order chi connectivity index (χ0) is 29.0. The number of anilines is 1. The maximum absolute atomic E-state index is 12.9. The summed E-state index contributed by atoms with van der Waals surface area (Å²) in [6.45, 7) is 8.76. The fourth-order valence-electron chi connectivity index (χ4n) is 5.37. The number of fused-ring (bicyclic) bond motifs is 3. The Kier molecular flexibility index (Phi) is 8.14. The van der Waals surface area contributed by atoms with Gasteiger partial charge in [0.15, 0.2) is 0 Å². The number of nitrogens with zero attached hydrogens (tertiary/aromatic N) is 5. The number of carbonyl (C=O) groups is 2. The molecule has 3 aromatic rings. The average Bonchev–Trinajstić information content (AvgIpc) is 3.25. The molecule has 212 valence electrons. The van der Waals surface area contributed by atoms with Crippen molar-refractivity contribution < 1.29 is 19.1 Å². The molecule has 1 heterocycles. The molecule has 0 aromatic heterocycles. The Balaban J connectivity index is 1.21. The molecule has 0 saturated carbocycles. The van der Waals surface area contributed by atoms with Gasteiger partial charge in [-0.2, -0.15) is 0 Å². The summed E-state index contributed by atoms with van der Waals surface area (Å²) in [7, 11) is 0. The van der Waals surface area contributed by atoms with Crippen LogP contribution in [0.25, 0.3) is 21.6 Å². The van der Waals surface area contributed by atoms with Crippen LogP contribution >= 0.6 is 0 Å². The maximum Gasteiger partial charge on any atom is 0.411 e. The van der Waals surface area contributed by atoms with Gasteiger partial charge in [-0.3, -0.25) is 10.2 Å². The van der Waals surface area contributed by atoms with Gasteiger partial charge in [0.2, 0.25) is 0 Å². The van der Waals surface area contributed by atoms with Gasteiger partial charge in [-0.1, -0.05) is 53.6 Å². The lowest BCUT2D eigenvalue weighted by molar-refractivity contribution is 0.0139. The number of benzene rings is 3. The van der Waals surface area contributed by atoms with E-state index >= 15 is 0 Å². The molecule has 1 N–H and O–H groups in total. The van der Waals surface area contributed by atoms with Crippen LogP contribution in [0.4, 0.5) is 21.0 Å². The molecule has 10 heteroatoms. The Hall–Kier alpha value is -4.53. The third kappa shape index (κ3) is 6.80. The van der Waals surface area contributed by atoms with Gasteiger partial charge in [0.05, 0.1) is 0 Å². The summed E-state index contributed by atoms with van der Waals surface area (Å²) < 4.78 is 11.2. The zero-order valence-electron chi connectivity index (χ0n) is 23.5. The number of nitrogens with one attached hydrogen (secondary N) is 1. The Morgan fingerprint density at radius 2 is 1.61 bits per heavy atom. The fourth-order valence-corrected chi connectivity index (χ4v) is 5.37. The average molecular weight is 555 g/mol. The molecule has 1 aliphatic heterocycles. The van der Waals surface area contributed by atoms with Crippen LogP contribution in [0.5, 0.6) is 0 Å². The number of hydrogen-bond acceptors (Lipinski definition) is 6. The highest BCUT2D eigenvalue weighted by Crippen LogP contribution is 2.44. The molecule has 0 spiro atoms. The van der Waals surface area contributed by atoms with Crippen molar-refractivity contribution in [1.82, 2.24) is 9.80 Å². The third-order valence-electron chi connectivity index (χ3n) is 7.16. The quantitative estimate of drug-likeness (QED) is 0.199. The second-order valence-electron chi connectivity index (χ2n) is 11.3. The Labute approximate surface area is 239 Å². The van der Waals surface area contributed by atoms with Crippen LogP contribution in [0, 0.1) is 0 Å². The summed E-state index contributed by atoms with van der Waals surface area (Å²) in [6, 6.07) is 21.6. The number of amides is 2. The van der Waals surface area contributed by atoms with E-state index in [-0.39, 0.29) is 18.6 Å². The number of rotatable bonds is 6. The third-order valence-corrected chi connectivity index (χ3v) is 7.16. The molecular weight excluding hydrogens is 520 g/mol. The lowest BCUT2D eigenvalue weighted by Crippen LogP contribution is -2.49. The van der Waals surface area contributed by atoms with E-state index in [9.17, 15) is 9.59 Å². The first-order valence-electron chi connectivity index (χ1n) is 13.7. The molecule has 0 atom stereocenters. The first-order valence-corrected chi connectivity index (χ1v) is 13.7. The van der Waals surface area contributed by atoms with Gasteiger partial charge >= 0.3 is 12.2 Å². The predicted molar refractivity (Wildman–Crippen MR) is 157 cm³/mol. The van der Waals surface area contributed by atoms with Gasteiger partial charge in [-0.25, -0.2) is 9.59 Å². The van der Waals surface area contributed by atoms with Crippen LogP contribution in [0.2, 0.25) is 0 Å². The molecule has 3 aromatic carbocycles. The Morgan fingerprint density at radius 1 is 0.976 bits per heavy atom. The summed E-state index contributed by atoms with van der Waals surface area (Å²) in [5.41, 5.74) is 14.8. The second-order valence-corrected chi connectivity index (χ2v) is 11.3. The fraction of sp³-hybridized carbons (Fsp3) is 0.355. The van der Waals surface area contributed by atoms with Gasteiger partial charge in [-0.15, -0.1) is 0 Å². The molecule has 10 nitrogen and oxygen atoms in total. The van der Waals surface area contributed by atoms with Crippen LogP contribution in [0.1, 0.15) is 43.4 Å². The highest BCUT2D eigenvalue weighted by atomic mass is 16.6. The van der Waals surface area contributed by atoms with E-state index in [1.165, 1.54) is 0 Å². The monoisotopic (exact) mass is 554 g/mol. The minimum atomic E-state index is -0.582. The van der Waals surface area contributed by atoms with Crippen molar-refractivity contribution in [2.75, 3.05) is 38.1 Å². The van der Waals surface area contributed by atoms with Gasteiger partial charge < -0.3 is 14.4 Å². The van der Waals surface area contributed by atoms with Crippen LogP contribution in [0.15, 0.2) is 71.8 Å². The smallest absolute Gasteiger partial charge is 0.411 e. The lowest BCUT2D eigenvalue weighted by Gasteiger charge is -2.35. The van der Waals surface area contributed by atoms with Gasteiger partial charge in [-0.05, 0) is 72.3 Å². The summed E-state index contributed by atoms with van der Waals surface area (Å²) in [5.74, 6) is -0.0439. The SMILES string of the molecule is CC(C)(C)OC(=O)N1CCN(Cc2cc(N=[N+]=[N-])cc(NC(=O)OCC3c4ccccc4-c4ccccc43)c2)CC1. The van der Waals surface area contributed by atoms with Crippen molar-refractivity contribution in [2.24, 2.45) is 5.11 Å². The topological polar surface area (TPSA) is 120 Å². The highest BCUT2D eigenvalue weighted by Gasteiger charge is 2.29. The number of carbonyl (C=O) groups excluding carboxylic acids is 2. The van der Waals surface area contributed by atoms with Crippen molar-refractivity contribution in [2.45, 2.75) is 38.8 Å². The van der Waals surface area contributed by atoms with Gasteiger partial charge in [0, 0.05) is 54.9 Å². The van der Waals surface area contributed by atoms with Crippen molar-refractivity contribution >= 4 is 23.6 Å². The van der Waals surface area contributed by atoms with Gasteiger partial charge in [0.1, 0.15) is 12.2 Å². The molecule has 0 bridgehead atoms. The van der Waals surface area contributed by atoms with E-state index in [1.807, 2.05) is 51.1 Å². The van der Waals surface area contributed by atoms with Crippen molar-refractivity contribution in [3.05, 3.63) is 93.9 Å². The molecule has 5 rings (SSSR count). The number of hydrogen-bond donors (Lipinski definition) is 1. The molecular formula is C31H34N6O4. The molecule has 1 fully saturated rings. The van der Waals surface area contributed by atoms with Crippen LogP contribution in [-0.2, 0) is 16.0 Å². The van der Waals surface area contributed by atoms with Crippen LogP contribution in [-0.4, -0.2) is 60.4 Å². The minimum absolute atomic E-state index is 0.0439. The molecule has 0 unspecified atom stereocenters. The predicted octanol–water partition coefficient (Wildman–Crippen LogP) is 7.04. The van der Waals surface area contributed by atoms with Crippen molar-refractivity contribution in [1.29, 1.82) is 0 Å². The highest BCUT2D eigenvalue weighted by molar-refractivity contribution is 5.86. The van der Waals surface area contributed by atoms with E-state index in [2.05, 4.69) is 44.5 Å².